The average Bonchev–Trinajstić information content (AvgIpc) is 2.99. The lowest BCUT2D eigenvalue weighted by Gasteiger charge is -2.15. The molecular formula is C17H16N6O. The van der Waals surface area contributed by atoms with Crippen molar-refractivity contribution in [2.75, 3.05) is 0 Å². The quantitative estimate of drug-likeness (QED) is 0.495. The molecule has 0 aliphatic heterocycles. The maximum Gasteiger partial charge on any atom is 0.338 e. The van der Waals surface area contributed by atoms with Crippen LogP contribution >= 0.6 is 0 Å². The lowest BCUT2D eigenvalue weighted by atomic mass is 9.90. The third kappa shape index (κ3) is 3.47. The maximum atomic E-state index is 10.1. The van der Waals surface area contributed by atoms with Gasteiger partial charge in [0.2, 0.25) is 5.82 Å². The highest BCUT2D eigenvalue weighted by Crippen LogP contribution is 2.29. The number of nitrogens with one attached hydrogen (secondary N) is 1. The molecule has 2 N–H and O–H groups in total. The summed E-state index contributed by atoms with van der Waals surface area (Å²) in [6, 6.07) is 10.6. The standard InChI is InChI=1S/C17H16N6O/c1-17(2,3)14-12(10-18)15(21-20-14)22-23-16(19-4)13(24)11-8-6-5-7-9-11/h5-9,24H,1-3H3,(H,20,21)/b16-13-,23-22+. The smallest absolute Gasteiger partial charge is 0.338 e. The van der Waals surface area contributed by atoms with Crippen molar-refractivity contribution in [3.63, 3.8) is 0 Å². The fourth-order valence-electron chi connectivity index (χ4n) is 2.00. The molecule has 0 atom stereocenters. The second kappa shape index (κ2) is 6.76. The van der Waals surface area contributed by atoms with E-state index in [1.165, 1.54) is 0 Å². The summed E-state index contributed by atoms with van der Waals surface area (Å²) >= 11 is 0. The molecule has 1 heterocycles. The first-order valence-electron chi connectivity index (χ1n) is 7.15. The van der Waals surface area contributed by atoms with Crippen LogP contribution in [0.1, 0.15) is 37.6 Å². The molecule has 0 aliphatic carbocycles. The number of rotatable bonds is 3. The molecule has 0 amide bonds. The zero-order valence-corrected chi connectivity index (χ0v) is 13.6. The average molecular weight is 320 g/mol. The van der Waals surface area contributed by atoms with E-state index in [0.29, 0.717) is 11.3 Å². The molecule has 7 nitrogen and oxygen atoms in total. The SMILES string of the molecule is [C-]#[N+]C(/N=N/c1n[nH]c(C(C)(C)C)c1C#N)=C(/O)c1ccccc1. The minimum Gasteiger partial charge on any atom is -0.517 e. The summed E-state index contributed by atoms with van der Waals surface area (Å²) in [7, 11) is 0. The predicted octanol–water partition coefficient (Wildman–Crippen LogP) is 4.47. The van der Waals surface area contributed by atoms with E-state index in [1.807, 2.05) is 26.8 Å². The van der Waals surface area contributed by atoms with Gasteiger partial charge >= 0.3 is 5.82 Å². The highest BCUT2D eigenvalue weighted by Gasteiger charge is 2.24. The molecule has 1 aromatic carbocycles. The first kappa shape index (κ1) is 16.9. The van der Waals surface area contributed by atoms with E-state index in [-0.39, 0.29) is 28.4 Å². The fourth-order valence-corrected chi connectivity index (χ4v) is 2.00. The Morgan fingerprint density at radius 3 is 2.54 bits per heavy atom. The third-order valence-corrected chi connectivity index (χ3v) is 3.21. The van der Waals surface area contributed by atoms with Crippen LogP contribution in [0.15, 0.2) is 46.4 Å². The highest BCUT2D eigenvalue weighted by molar-refractivity contribution is 5.62. The Labute approximate surface area is 139 Å². The minimum absolute atomic E-state index is 0.0874. The van der Waals surface area contributed by atoms with Crippen LogP contribution in [-0.2, 0) is 5.41 Å². The topological polar surface area (TPSA) is 102 Å². The summed E-state index contributed by atoms with van der Waals surface area (Å²) in [5.74, 6) is -0.464. The van der Waals surface area contributed by atoms with E-state index in [1.54, 1.807) is 30.3 Å². The van der Waals surface area contributed by atoms with Gasteiger partial charge in [-0.3, -0.25) is 5.10 Å². The molecule has 0 bridgehead atoms. The monoisotopic (exact) mass is 320 g/mol. The number of aromatic nitrogens is 2. The highest BCUT2D eigenvalue weighted by atomic mass is 16.3. The van der Waals surface area contributed by atoms with Gasteiger partial charge in [0, 0.05) is 16.1 Å². The summed E-state index contributed by atoms with van der Waals surface area (Å²) < 4.78 is 0. The molecule has 24 heavy (non-hydrogen) atoms. The van der Waals surface area contributed by atoms with Gasteiger partial charge in [-0.05, 0) is 5.11 Å². The van der Waals surface area contributed by atoms with Gasteiger partial charge < -0.3 is 9.95 Å². The van der Waals surface area contributed by atoms with E-state index in [9.17, 15) is 10.4 Å². The number of benzene rings is 1. The van der Waals surface area contributed by atoms with Gasteiger partial charge in [-0.1, -0.05) is 57.7 Å². The second-order valence-corrected chi connectivity index (χ2v) is 6.01. The summed E-state index contributed by atoms with van der Waals surface area (Å²) in [6.45, 7) is 13.0. The van der Waals surface area contributed by atoms with Crippen molar-refractivity contribution in [2.45, 2.75) is 26.2 Å². The molecule has 2 rings (SSSR count). The Balaban J connectivity index is 2.42. The van der Waals surface area contributed by atoms with E-state index in [0.717, 1.165) is 0 Å². The van der Waals surface area contributed by atoms with Crippen LogP contribution in [0.2, 0.25) is 0 Å². The van der Waals surface area contributed by atoms with Gasteiger partial charge in [0.25, 0.3) is 0 Å². The van der Waals surface area contributed by atoms with Crippen molar-refractivity contribution in [2.24, 2.45) is 10.2 Å². The molecule has 1 aromatic heterocycles. The zero-order valence-electron chi connectivity index (χ0n) is 13.6. The van der Waals surface area contributed by atoms with Crippen LogP contribution in [0.25, 0.3) is 10.6 Å². The van der Waals surface area contributed by atoms with Gasteiger partial charge in [0.15, 0.2) is 5.76 Å². The number of aliphatic hydroxyl groups is 1. The molecule has 0 fully saturated rings. The van der Waals surface area contributed by atoms with Gasteiger partial charge in [0.1, 0.15) is 11.6 Å². The number of hydrogen-bond acceptors (Lipinski definition) is 5. The normalized spacial score (nSPS) is 12.5. The molecule has 0 unspecified atom stereocenters. The Morgan fingerprint density at radius 1 is 1.33 bits per heavy atom. The van der Waals surface area contributed by atoms with Crippen LogP contribution < -0.4 is 0 Å². The van der Waals surface area contributed by atoms with Crippen LogP contribution in [0.5, 0.6) is 0 Å². The Bertz CT molecular complexity index is 873. The van der Waals surface area contributed by atoms with E-state index >= 15 is 0 Å². The van der Waals surface area contributed by atoms with Crippen LogP contribution in [-0.4, -0.2) is 15.3 Å². The Hall–Kier alpha value is -3.45. The first-order valence-corrected chi connectivity index (χ1v) is 7.15. The van der Waals surface area contributed by atoms with Crippen molar-refractivity contribution in [3.8, 4) is 6.07 Å². The maximum absolute atomic E-state index is 10.1. The lowest BCUT2D eigenvalue weighted by molar-refractivity contribution is 0.506. The number of aliphatic hydroxyl groups excluding tert-OH is 1. The summed E-state index contributed by atoms with van der Waals surface area (Å²) in [5.41, 5.74) is 1.06. The van der Waals surface area contributed by atoms with Gasteiger partial charge in [-0.15, -0.1) is 5.10 Å². The van der Waals surface area contributed by atoms with E-state index < -0.39 is 0 Å². The third-order valence-electron chi connectivity index (χ3n) is 3.21. The van der Waals surface area contributed by atoms with Gasteiger partial charge in [0.05, 0.1) is 5.69 Å². The molecule has 0 radical (unpaired) electrons. The molecular weight excluding hydrogens is 304 g/mol. The van der Waals surface area contributed by atoms with Crippen molar-refractivity contribution < 1.29 is 5.11 Å². The van der Waals surface area contributed by atoms with Crippen molar-refractivity contribution >= 4 is 11.6 Å². The summed E-state index contributed by atoms with van der Waals surface area (Å²) in [5, 5.41) is 33.8. The van der Waals surface area contributed by atoms with Crippen LogP contribution in [0.3, 0.4) is 0 Å². The van der Waals surface area contributed by atoms with Crippen molar-refractivity contribution in [1.29, 1.82) is 5.26 Å². The molecule has 0 aliphatic rings. The number of aromatic amines is 1. The molecule has 120 valence electrons. The largest absolute Gasteiger partial charge is 0.517 e. The van der Waals surface area contributed by atoms with Crippen molar-refractivity contribution in [1.82, 2.24) is 10.2 Å². The Kier molecular flexibility index (Phi) is 4.76. The summed E-state index contributed by atoms with van der Waals surface area (Å²) in [6.07, 6.45) is 0. The molecule has 0 saturated carbocycles. The van der Waals surface area contributed by atoms with Crippen molar-refractivity contribution in [3.05, 3.63) is 64.4 Å². The number of nitriles is 1. The first-order chi connectivity index (χ1) is 11.4. The fraction of sp³-hybridized carbons (Fsp3) is 0.235. The molecule has 7 heteroatoms. The van der Waals surface area contributed by atoms with Crippen LogP contribution in [0.4, 0.5) is 5.82 Å². The molecule has 0 saturated heterocycles. The molecule has 2 aromatic rings. The number of nitrogens with zero attached hydrogens (tertiary/aromatic N) is 5. The zero-order chi connectivity index (χ0) is 17.7. The van der Waals surface area contributed by atoms with Gasteiger partial charge in [-0.2, -0.15) is 5.26 Å². The minimum atomic E-state index is -0.309. The second-order valence-electron chi connectivity index (χ2n) is 6.01. The lowest BCUT2D eigenvalue weighted by Crippen LogP contribution is -2.13. The summed E-state index contributed by atoms with van der Waals surface area (Å²) in [4.78, 5) is 3.19. The molecule has 0 spiro atoms. The number of hydrogen-bond donors (Lipinski definition) is 2. The van der Waals surface area contributed by atoms with E-state index in [2.05, 4.69) is 25.3 Å². The Morgan fingerprint density at radius 2 is 2.00 bits per heavy atom. The van der Waals surface area contributed by atoms with E-state index in [4.69, 9.17) is 6.57 Å². The number of H-pyrrole nitrogens is 1. The van der Waals surface area contributed by atoms with Gasteiger partial charge in [-0.25, -0.2) is 0 Å². The number of azo groups is 1. The predicted molar refractivity (Wildman–Crippen MR) is 89.1 cm³/mol. The van der Waals surface area contributed by atoms with Crippen LogP contribution in [0, 0.1) is 17.9 Å².